The maximum atomic E-state index is 9.92. The number of hydrogen-bond acceptors (Lipinski definition) is 2. The van der Waals surface area contributed by atoms with Crippen LogP contribution in [0.5, 0.6) is 5.75 Å². The van der Waals surface area contributed by atoms with Crippen molar-refractivity contribution in [3.63, 3.8) is 0 Å². The highest BCUT2D eigenvalue weighted by Gasteiger charge is 2.18. The summed E-state index contributed by atoms with van der Waals surface area (Å²) in [5.41, 5.74) is 2.34. The Hall–Kier alpha value is -1.02. The van der Waals surface area contributed by atoms with Gasteiger partial charge in [-0.05, 0) is 55.9 Å². The molecule has 0 radical (unpaired) electrons. The van der Waals surface area contributed by atoms with Crippen molar-refractivity contribution in [3.8, 4) is 5.75 Å². The summed E-state index contributed by atoms with van der Waals surface area (Å²) in [4.78, 5) is 0. The second-order valence-corrected chi connectivity index (χ2v) is 4.61. The molecular weight excluding hydrogens is 200 g/mol. The van der Waals surface area contributed by atoms with Crippen molar-refractivity contribution in [2.24, 2.45) is 0 Å². The fourth-order valence-corrected chi connectivity index (χ4v) is 2.14. The summed E-state index contributed by atoms with van der Waals surface area (Å²) < 4.78 is 5.77. The van der Waals surface area contributed by atoms with Crippen LogP contribution in [0, 0.1) is 0 Å². The lowest BCUT2D eigenvalue weighted by Gasteiger charge is -2.22. The molecule has 0 aromatic heterocycles. The van der Waals surface area contributed by atoms with Crippen molar-refractivity contribution in [3.05, 3.63) is 29.3 Å². The van der Waals surface area contributed by atoms with Crippen molar-refractivity contribution in [2.45, 2.75) is 51.7 Å². The first-order valence-electron chi connectivity index (χ1n) is 6.18. The van der Waals surface area contributed by atoms with E-state index in [1.54, 1.807) is 0 Å². The highest BCUT2D eigenvalue weighted by atomic mass is 16.5. The molecule has 2 unspecified atom stereocenters. The Kier molecular flexibility index (Phi) is 3.49. The van der Waals surface area contributed by atoms with E-state index in [-0.39, 0.29) is 12.2 Å². The zero-order valence-corrected chi connectivity index (χ0v) is 10.1. The molecule has 2 atom stereocenters. The molecule has 1 aliphatic rings. The third kappa shape index (κ3) is 2.38. The minimum absolute atomic E-state index is 0.235. The third-order valence-corrected chi connectivity index (χ3v) is 3.31. The molecule has 0 fully saturated rings. The second-order valence-electron chi connectivity index (χ2n) is 4.61. The molecule has 2 nitrogen and oxygen atoms in total. The Labute approximate surface area is 97.3 Å². The zero-order chi connectivity index (χ0) is 11.5. The minimum atomic E-state index is -0.302. The first-order valence-corrected chi connectivity index (χ1v) is 6.18. The molecule has 0 amide bonds. The Balaban J connectivity index is 2.20. The van der Waals surface area contributed by atoms with Gasteiger partial charge >= 0.3 is 0 Å². The van der Waals surface area contributed by atoms with Gasteiger partial charge in [0.25, 0.3) is 0 Å². The van der Waals surface area contributed by atoms with E-state index in [0.29, 0.717) is 0 Å². The number of aliphatic hydroxyl groups excluding tert-OH is 1. The van der Waals surface area contributed by atoms with Crippen LogP contribution in [0.1, 0.15) is 50.3 Å². The summed E-state index contributed by atoms with van der Waals surface area (Å²) >= 11 is 0. The fraction of sp³-hybridized carbons (Fsp3) is 0.571. The van der Waals surface area contributed by atoms with Gasteiger partial charge in [-0.1, -0.05) is 13.0 Å². The normalized spacial score (nSPS) is 21.3. The molecule has 0 saturated heterocycles. The van der Waals surface area contributed by atoms with E-state index in [4.69, 9.17) is 4.74 Å². The molecule has 1 aromatic carbocycles. The summed E-state index contributed by atoms with van der Waals surface area (Å²) in [6, 6.07) is 6.11. The van der Waals surface area contributed by atoms with E-state index in [0.717, 1.165) is 37.0 Å². The van der Waals surface area contributed by atoms with Gasteiger partial charge in [0.2, 0.25) is 0 Å². The molecule has 0 spiro atoms. The Morgan fingerprint density at radius 1 is 1.50 bits per heavy atom. The molecule has 16 heavy (non-hydrogen) atoms. The molecule has 0 heterocycles. The van der Waals surface area contributed by atoms with Crippen LogP contribution in [0.15, 0.2) is 18.2 Å². The van der Waals surface area contributed by atoms with Crippen LogP contribution >= 0.6 is 0 Å². The van der Waals surface area contributed by atoms with Gasteiger partial charge in [0, 0.05) is 0 Å². The van der Waals surface area contributed by atoms with Gasteiger partial charge in [-0.3, -0.25) is 0 Å². The van der Waals surface area contributed by atoms with Crippen LogP contribution in [0.25, 0.3) is 0 Å². The van der Waals surface area contributed by atoms with E-state index >= 15 is 0 Å². The molecule has 0 aliphatic heterocycles. The minimum Gasteiger partial charge on any atom is -0.491 e. The molecular formula is C14H20O2. The quantitative estimate of drug-likeness (QED) is 0.847. The maximum absolute atomic E-state index is 9.92. The van der Waals surface area contributed by atoms with Gasteiger partial charge in [-0.25, -0.2) is 0 Å². The lowest BCUT2D eigenvalue weighted by atomic mass is 9.89. The van der Waals surface area contributed by atoms with Gasteiger partial charge < -0.3 is 9.84 Å². The number of aliphatic hydroxyl groups is 1. The number of fused-ring (bicyclic) bond motifs is 1. The molecule has 2 heteroatoms. The monoisotopic (exact) mass is 220 g/mol. The Morgan fingerprint density at radius 3 is 3.06 bits per heavy atom. The topological polar surface area (TPSA) is 29.5 Å². The van der Waals surface area contributed by atoms with Crippen LogP contribution < -0.4 is 4.74 Å². The average molecular weight is 220 g/mol. The van der Waals surface area contributed by atoms with Gasteiger partial charge in [0.1, 0.15) is 5.75 Å². The largest absolute Gasteiger partial charge is 0.491 e. The molecule has 1 aromatic rings. The lowest BCUT2D eigenvalue weighted by Crippen LogP contribution is -2.12. The molecule has 0 saturated carbocycles. The molecule has 1 N–H and O–H groups in total. The number of ether oxygens (including phenoxy) is 1. The molecule has 0 bridgehead atoms. The van der Waals surface area contributed by atoms with Crippen molar-refractivity contribution in [1.29, 1.82) is 0 Å². The summed E-state index contributed by atoms with van der Waals surface area (Å²) in [7, 11) is 0. The van der Waals surface area contributed by atoms with Crippen LogP contribution in [0.4, 0.5) is 0 Å². The van der Waals surface area contributed by atoms with Crippen molar-refractivity contribution in [1.82, 2.24) is 0 Å². The Morgan fingerprint density at radius 2 is 2.31 bits per heavy atom. The van der Waals surface area contributed by atoms with Crippen LogP contribution in [0.3, 0.4) is 0 Å². The summed E-state index contributed by atoms with van der Waals surface area (Å²) in [6.07, 6.45) is 3.97. The second kappa shape index (κ2) is 4.88. The lowest BCUT2D eigenvalue weighted by molar-refractivity contribution is 0.155. The summed E-state index contributed by atoms with van der Waals surface area (Å²) in [6.45, 7) is 4.17. The summed E-state index contributed by atoms with van der Waals surface area (Å²) in [5.74, 6) is 0.883. The molecule has 88 valence electrons. The average Bonchev–Trinajstić information content (AvgIpc) is 2.30. The van der Waals surface area contributed by atoms with Gasteiger partial charge in [0.05, 0.1) is 12.2 Å². The van der Waals surface area contributed by atoms with E-state index in [2.05, 4.69) is 19.9 Å². The van der Waals surface area contributed by atoms with E-state index in [1.165, 1.54) is 5.56 Å². The highest BCUT2D eigenvalue weighted by Crippen LogP contribution is 2.32. The third-order valence-electron chi connectivity index (χ3n) is 3.31. The predicted octanol–water partition coefficient (Wildman–Crippen LogP) is 3.23. The van der Waals surface area contributed by atoms with Crippen molar-refractivity contribution < 1.29 is 9.84 Å². The van der Waals surface area contributed by atoms with Gasteiger partial charge in [-0.15, -0.1) is 0 Å². The number of hydrogen-bond donors (Lipinski definition) is 1. The van der Waals surface area contributed by atoms with Crippen LogP contribution in [0.2, 0.25) is 0 Å². The van der Waals surface area contributed by atoms with Gasteiger partial charge in [-0.2, -0.15) is 0 Å². The zero-order valence-electron chi connectivity index (χ0n) is 10.1. The molecule has 1 aliphatic carbocycles. The number of benzene rings is 1. The smallest absolute Gasteiger partial charge is 0.120 e. The van der Waals surface area contributed by atoms with E-state index in [9.17, 15) is 5.11 Å². The maximum Gasteiger partial charge on any atom is 0.120 e. The summed E-state index contributed by atoms with van der Waals surface area (Å²) in [5, 5.41) is 9.92. The fourth-order valence-electron chi connectivity index (χ4n) is 2.14. The SMILES string of the molecule is CCC(C)Oc1ccc2c(c1)C(O)CCC2. The van der Waals surface area contributed by atoms with E-state index in [1.807, 2.05) is 12.1 Å². The highest BCUT2D eigenvalue weighted by molar-refractivity contribution is 5.38. The van der Waals surface area contributed by atoms with E-state index < -0.39 is 0 Å². The Bertz CT molecular complexity index is 360. The first kappa shape index (κ1) is 11.5. The number of rotatable bonds is 3. The van der Waals surface area contributed by atoms with Crippen LogP contribution in [-0.4, -0.2) is 11.2 Å². The predicted molar refractivity (Wildman–Crippen MR) is 64.7 cm³/mol. The first-order chi connectivity index (χ1) is 7.70. The van der Waals surface area contributed by atoms with Crippen molar-refractivity contribution >= 4 is 0 Å². The van der Waals surface area contributed by atoms with Gasteiger partial charge in [0.15, 0.2) is 0 Å². The van der Waals surface area contributed by atoms with Crippen LogP contribution in [-0.2, 0) is 6.42 Å². The standard InChI is InChI=1S/C14H20O2/c1-3-10(2)16-12-8-7-11-5-4-6-14(15)13(11)9-12/h7-10,14-15H,3-6H2,1-2H3. The molecule has 2 rings (SSSR count). The number of aryl methyl sites for hydroxylation is 1. The van der Waals surface area contributed by atoms with Crippen molar-refractivity contribution in [2.75, 3.05) is 0 Å².